The van der Waals surface area contributed by atoms with Gasteiger partial charge in [0.1, 0.15) is 12.3 Å². The molecule has 0 saturated carbocycles. The topological polar surface area (TPSA) is 45.0 Å². The normalized spacial score (nSPS) is 9.56. The minimum absolute atomic E-state index is 0.190. The highest BCUT2D eigenvalue weighted by Gasteiger charge is 2.02. The fourth-order valence-corrected chi connectivity index (χ4v) is 1.44. The van der Waals surface area contributed by atoms with E-state index in [0.717, 1.165) is 5.69 Å². The Balaban J connectivity index is 2.07. The molecule has 3 nitrogen and oxygen atoms in total. The highest BCUT2D eigenvalue weighted by molar-refractivity contribution is 5.47. The summed E-state index contributed by atoms with van der Waals surface area (Å²) in [6, 6.07) is 15.2. The largest absolute Gasteiger partial charge is 0.454 e. The Morgan fingerprint density at radius 1 is 1.11 bits per heavy atom. The van der Waals surface area contributed by atoms with Gasteiger partial charge in [-0.05, 0) is 36.4 Å². The molecule has 0 heterocycles. The van der Waals surface area contributed by atoms with Crippen molar-refractivity contribution in [3.05, 3.63) is 54.3 Å². The first-order valence-electron chi connectivity index (χ1n) is 5.43. The number of para-hydroxylation sites is 1. The van der Waals surface area contributed by atoms with Crippen molar-refractivity contribution < 1.29 is 9.13 Å². The molecule has 0 spiro atoms. The van der Waals surface area contributed by atoms with Gasteiger partial charge in [-0.3, -0.25) is 0 Å². The van der Waals surface area contributed by atoms with E-state index in [1.165, 1.54) is 6.07 Å². The van der Waals surface area contributed by atoms with Crippen LogP contribution < -0.4 is 10.1 Å². The van der Waals surface area contributed by atoms with Crippen molar-refractivity contribution in [2.24, 2.45) is 0 Å². The average Bonchev–Trinajstić information content (AvgIpc) is 2.41. The summed E-state index contributed by atoms with van der Waals surface area (Å²) < 4.78 is 18.7. The Morgan fingerprint density at radius 2 is 1.83 bits per heavy atom. The summed E-state index contributed by atoms with van der Waals surface area (Å²) in [7, 11) is 0. The zero-order valence-corrected chi connectivity index (χ0v) is 9.56. The summed E-state index contributed by atoms with van der Waals surface area (Å²) in [5.41, 5.74) is 0.817. The monoisotopic (exact) mass is 242 g/mol. The van der Waals surface area contributed by atoms with Crippen molar-refractivity contribution in [1.82, 2.24) is 0 Å². The fraction of sp³-hybridized carbons (Fsp3) is 0.0714. The smallest absolute Gasteiger partial charge is 0.165 e. The molecule has 0 atom stereocenters. The molecule has 1 N–H and O–H groups in total. The highest BCUT2D eigenvalue weighted by atomic mass is 19.1. The van der Waals surface area contributed by atoms with E-state index in [1.807, 2.05) is 6.07 Å². The van der Waals surface area contributed by atoms with Crippen LogP contribution >= 0.6 is 0 Å². The second-order valence-electron chi connectivity index (χ2n) is 3.57. The molecule has 0 fully saturated rings. The summed E-state index contributed by atoms with van der Waals surface area (Å²) in [5.74, 6) is 0.335. The zero-order chi connectivity index (χ0) is 12.8. The van der Waals surface area contributed by atoms with Crippen LogP contribution in [0, 0.1) is 17.1 Å². The summed E-state index contributed by atoms with van der Waals surface area (Å²) in [6.45, 7) is 0.244. The van der Waals surface area contributed by atoms with Gasteiger partial charge < -0.3 is 10.1 Å². The Morgan fingerprint density at radius 3 is 2.50 bits per heavy atom. The van der Waals surface area contributed by atoms with Gasteiger partial charge in [0, 0.05) is 5.69 Å². The van der Waals surface area contributed by atoms with Gasteiger partial charge >= 0.3 is 0 Å². The van der Waals surface area contributed by atoms with Gasteiger partial charge in [-0.25, -0.2) is 4.39 Å². The van der Waals surface area contributed by atoms with Gasteiger partial charge in [0.05, 0.1) is 6.07 Å². The molecule has 0 unspecified atom stereocenters. The van der Waals surface area contributed by atoms with Gasteiger partial charge in [-0.1, -0.05) is 12.1 Å². The van der Waals surface area contributed by atoms with E-state index in [1.54, 1.807) is 42.5 Å². The fourth-order valence-electron chi connectivity index (χ4n) is 1.44. The van der Waals surface area contributed by atoms with Gasteiger partial charge in [0.25, 0.3) is 0 Å². The van der Waals surface area contributed by atoms with Crippen LogP contribution in [0.15, 0.2) is 48.5 Å². The van der Waals surface area contributed by atoms with Gasteiger partial charge in [0.2, 0.25) is 0 Å². The van der Waals surface area contributed by atoms with Crippen LogP contribution in [0.25, 0.3) is 0 Å². The van der Waals surface area contributed by atoms with Crippen molar-refractivity contribution in [3.63, 3.8) is 0 Å². The number of ether oxygens (including phenoxy) is 1. The summed E-state index contributed by atoms with van der Waals surface area (Å²) in [6.07, 6.45) is 0. The number of anilines is 1. The Kier molecular flexibility index (Phi) is 3.77. The molecular formula is C14H11FN2O. The SMILES string of the molecule is N#CCNc1ccc(Oc2ccccc2F)cc1. The molecular weight excluding hydrogens is 231 g/mol. The Bertz CT molecular complexity index is 561. The van der Waals surface area contributed by atoms with Crippen LogP contribution in [0.4, 0.5) is 10.1 Å². The molecule has 0 aromatic heterocycles. The maximum Gasteiger partial charge on any atom is 0.165 e. The van der Waals surface area contributed by atoms with Crippen molar-refractivity contribution in [3.8, 4) is 17.6 Å². The van der Waals surface area contributed by atoms with Crippen LogP contribution in [0.3, 0.4) is 0 Å². The number of nitrogens with zero attached hydrogens (tertiary/aromatic N) is 1. The summed E-state index contributed by atoms with van der Waals surface area (Å²) in [4.78, 5) is 0. The number of hydrogen-bond donors (Lipinski definition) is 1. The molecule has 18 heavy (non-hydrogen) atoms. The molecule has 0 radical (unpaired) electrons. The minimum atomic E-state index is -0.399. The van der Waals surface area contributed by atoms with E-state index in [4.69, 9.17) is 10.00 Å². The van der Waals surface area contributed by atoms with Gasteiger partial charge in [-0.15, -0.1) is 0 Å². The predicted octanol–water partition coefficient (Wildman–Crippen LogP) is 3.55. The summed E-state index contributed by atoms with van der Waals surface area (Å²) in [5, 5.41) is 11.3. The number of hydrogen-bond acceptors (Lipinski definition) is 3. The molecule has 0 aliphatic carbocycles. The number of benzene rings is 2. The molecule has 0 saturated heterocycles. The molecule has 0 bridgehead atoms. The lowest BCUT2D eigenvalue weighted by Crippen LogP contribution is -1.97. The van der Waals surface area contributed by atoms with E-state index in [2.05, 4.69) is 5.32 Å². The van der Waals surface area contributed by atoms with Crippen molar-refractivity contribution in [1.29, 1.82) is 5.26 Å². The molecule has 2 aromatic rings. The number of nitriles is 1. The molecule has 0 aliphatic heterocycles. The Labute approximate surface area is 104 Å². The predicted molar refractivity (Wildman–Crippen MR) is 67.0 cm³/mol. The number of nitrogens with one attached hydrogen (secondary N) is 1. The van der Waals surface area contributed by atoms with Crippen LogP contribution in [0.1, 0.15) is 0 Å². The quantitative estimate of drug-likeness (QED) is 0.834. The molecule has 2 aromatic carbocycles. The molecule has 0 aliphatic rings. The molecule has 90 valence electrons. The van der Waals surface area contributed by atoms with E-state index >= 15 is 0 Å². The zero-order valence-electron chi connectivity index (χ0n) is 9.56. The second-order valence-corrected chi connectivity index (χ2v) is 3.57. The van der Waals surface area contributed by atoms with Crippen molar-refractivity contribution in [2.45, 2.75) is 0 Å². The first-order chi connectivity index (χ1) is 8.79. The van der Waals surface area contributed by atoms with Crippen LogP contribution in [0.2, 0.25) is 0 Å². The van der Waals surface area contributed by atoms with Crippen LogP contribution in [-0.4, -0.2) is 6.54 Å². The molecule has 2 rings (SSSR count). The number of halogens is 1. The standard InChI is InChI=1S/C14H11FN2O/c15-13-3-1-2-4-14(13)18-12-7-5-11(6-8-12)17-10-9-16/h1-8,17H,10H2. The van der Waals surface area contributed by atoms with Crippen LogP contribution in [0.5, 0.6) is 11.5 Å². The minimum Gasteiger partial charge on any atom is -0.454 e. The third-order valence-electron chi connectivity index (χ3n) is 2.29. The lowest BCUT2D eigenvalue weighted by Gasteiger charge is -2.07. The van der Waals surface area contributed by atoms with Gasteiger partial charge in [0.15, 0.2) is 11.6 Å². The maximum absolute atomic E-state index is 13.3. The van der Waals surface area contributed by atoms with Crippen LogP contribution in [-0.2, 0) is 0 Å². The van der Waals surface area contributed by atoms with Gasteiger partial charge in [-0.2, -0.15) is 5.26 Å². The van der Waals surface area contributed by atoms with Crippen molar-refractivity contribution in [2.75, 3.05) is 11.9 Å². The molecule has 0 amide bonds. The second kappa shape index (κ2) is 5.69. The third-order valence-corrected chi connectivity index (χ3v) is 2.29. The Hall–Kier alpha value is -2.54. The van der Waals surface area contributed by atoms with E-state index < -0.39 is 5.82 Å². The molecule has 4 heteroatoms. The lowest BCUT2D eigenvalue weighted by molar-refractivity contribution is 0.442. The van der Waals surface area contributed by atoms with E-state index in [9.17, 15) is 4.39 Å². The first kappa shape index (κ1) is 11.9. The third kappa shape index (κ3) is 2.98. The van der Waals surface area contributed by atoms with E-state index in [-0.39, 0.29) is 12.3 Å². The summed E-state index contributed by atoms with van der Waals surface area (Å²) >= 11 is 0. The average molecular weight is 242 g/mol. The number of rotatable bonds is 4. The lowest BCUT2D eigenvalue weighted by atomic mass is 10.3. The van der Waals surface area contributed by atoms with E-state index in [0.29, 0.717) is 5.75 Å². The first-order valence-corrected chi connectivity index (χ1v) is 5.43. The maximum atomic E-state index is 13.3. The highest BCUT2D eigenvalue weighted by Crippen LogP contribution is 2.25. The van der Waals surface area contributed by atoms with Crippen molar-refractivity contribution >= 4 is 5.69 Å².